The van der Waals surface area contributed by atoms with Gasteiger partial charge in [0.25, 0.3) is 0 Å². The van der Waals surface area contributed by atoms with E-state index < -0.39 is 21.5 Å². The molecule has 1 amide bonds. The molecule has 1 atom stereocenters. The van der Waals surface area contributed by atoms with Gasteiger partial charge in [0.15, 0.2) is 9.84 Å². The maximum atomic E-state index is 11.0. The molecule has 0 aromatic rings. The van der Waals surface area contributed by atoms with Crippen LogP contribution >= 0.6 is 0 Å². The Balaban J connectivity index is 3.97. The molecule has 0 aromatic heterocycles. The molecule has 5 heteroatoms. The molecule has 0 aliphatic carbocycles. The van der Waals surface area contributed by atoms with Crippen LogP contribution in [-0.2, 0) is 14.6 Å². The number of carbonyl (C=O) groups is 1. The first-order chi connectivity index (χ1) is 5.85. The van der Waals surface area contributed by atoms with Crippen LogP contribution < -0.4 is 5.32 Å². The third kappa shape index (κ3) is 7.34. The Kier molecular flexibility index (Phi) is 4.49. The fourth-order valence-electron chi connectivity index (χ4n) is 0.782. The fraction of sp³-hybridized carbons (Fsp3) is 0.625. The summed E-state index contributed by atoms with van der Waals surface area (Å²) in [6, 6.07) is -0.181. The van der Waals surface area contributed by atoms with Crippen molar-refractivity contribution in [2.75, 3.05) is 12.0 Å². The van der Waals surface area contributed by atoms with Gasteiger partial charge in [0.1, 0.15) is 5.75 Å². The molecular formula is C8H13NO3S. The molecule has 1 unspecified atom stereocenters. The smallest absolute Gasteiger partial charge is 0.235 e. The standard InChI is InChI=1S/C8H13NO3S/c1-4-5-7(2)9-8(10)6-13(3,11)12/h1,7H,5-6H2,2-3H3,(H,9,10). The van der Waals surface area contributed by atoms with Gasteiger partial charge in [-0.15, -0.1) is 12.3 Å². The summed E-state index contributed by atoms with van der Waals surface area (Å²) in [7, 11) is -3.25. The summed E-state index contributed by atoms with van der Waals surface area (Å²) in [5.74, 6) is 1.38. The van der Waals surface area contributed by atoms with Gasteiger partial charge in [0, 0.05) is 18.7 Å². The normalized spacial score (nSPS) is 13.0. The first-order valence-electron chi connectivity index (χ1n) is 3.75. The number of nitrogens with one attached hydrogen (secondary N) is 1. The van der Waals surface area contributed by atoms with Gasteiger partial charge in [-0.05, 0) is 6.92 Å². The highest BCUT2D eigenvalue weighted by molar-refractivity contribution is 7.91. The van der Waals surface area contributed by atoms with Crippen LogP contribution in [0.3, 0.4) is 0 Å². The monoisotopic (exact) mass is 203 g/mol. The predicted molar refractivity (Wildman–Crippen MR) is 50.8 cm³/mol. The van der Waals surface area contributed by atoms with E-state index in [1.54, 1.807) is 6.92 Å². The minimum Gasteiger partial charge on any atom is -0.352 e. The third-order valence-electron chi connectivity index (χ3n) is 1.22. The SMILES string of the molecule is C#CCC(C)NC(=O)CS(C)(=O)=O. The van der Waals surface area contributed by atoms with Gasteiger partial charge in [-0.1, -0.05) is 0 Å². The second-order valence-corrected chi connectivity index (χ2v) is 5.09. The van der Waals surface area contributed by atoms with Crippen LogP contribution in [0.2, 0.25) is 0 Å². The fourth-order valence-corrected chi connectivity index (χ4v) is 1.34. The summed E-state index contributed by atoms with van der Waals surface area (Å²) < 4.78 is 21.4. The summed E-state index contributed by atoms with van der Waals surface area (Å²) in [5, 5.41) is 2.48. The second-order valence-electron chi connectivity index (χ2n) is 2.95. The molecule has 0 fully saturated rings. The number of rotatable bonds is 4. The number of carbonyl (C=O) groups excluding carboxylic acids is 1. The van der Waals surface area contributed by atoms with E-state index in [4.69, 9.17) is 6.42 Å². The molecule has 0 saturated heterocycles. The summed E-state index contributed by atoms with van der Waals surface area (Å²) in [6.45, 7) is 1.72. The van der Waals surface area contributed by atoms with E-state index >= 15 is 0 Å². The zero-order valence-electron chi connectivity index (χ0n) is 7.70. The van der Waals surface area contributed by atoms with Crippen LogP contribution in [0, 0.1) is 12.3 Å². The van der Waals surface area contributed by atoms with Gasteiger partial charge in [0.05, 0.1) is 0 Å². The van der Waals surface area contributed by atoms with E-state index in [0.29, 0.717) is 6.42 Å². The van der Waals surface area contributed by atoms with Crippen molar-refractivity contribution in [1.82, 2.24) is 5.32 Å². The van der Waals surface area contributed by atoms with E-state index in [9.17, 15) is 13.2 Å². The Labute approximate surface area is 78.6 Å². The van der Waals surface area contributed by atoms with E-state index in [1.807, 2.05) is 0 Å². The van der Waals surface area contributed by atoms with Crippen LogP contribution in [0.15, 0.2) is 0 Å². The van der Waals surface area contributed by atoms with Gasteiger partial charge in [-0.2, -0.15) is 0 Å². The van der Waals surface area contributed by atoms with Crippen molar-refractivity contribution in [2.45, 2.75) is 19.4 Å². The molecule has 0 saturated carbocycles. The molecule has 0 radical (unpaired) electrons. The Morgan fingerprint density at radius 1 is 1.62 bits per heavy atom. The van der Waals surface area contributed by atoms with Gasteiger partial charge in [-0.3, -0.25) is 4.79 Å². The maximum absolute atomic E-state index is 11.0. The lowest BCUT2D eigenvalue weighted by Gasteiger charge is -2.09. The molecular weight excluding hydrogens is 190 g/mol. The molecule has 0 bridgehead atoms. The molecule has 0 aliphatic heterocycles. The lowest BCUT2D eigenvalue weighted by molar-refractivity contribution is -0.119. The number of terminal acetylenes is 1. The first-order valence-corrected chi connectivity index (χ1v) is 5.81. The topological polar surface area (TPSA) is 63.2 Å². The second kappa shape index (κ2) is 4.87. The molecule has 0 aliphatic rings. The van der Waals surface area contributed by atoms with Crippen molar-refractivity contribution in [3.8, 4) is 12.3 Å². The summed E-state index contributed by atoms with van der Waals surface area (Å²) in [6.07, 6.45) is 6.42. The zero-order chi connectivity index (χ0) is 10.5. The number of hydrogen-bond acceptors (Lipinski definition) is 3. The summed E-state index contributed by atoms with van der Waals surface area (Å²) in [4.78, 5) is 11.0. The quantitative estimate of drug-likeness (QED) is 0.630. The van der Waals surface area contributed by atoms with Crippen molar-refractivity contribution in [2.24, 2.45) is 0 Å². The van der Waals surface area contributed by atoms with Crippen LogP contribution in [0.4, 0.5) is 0 Å². The third-order valence-corrected chi connectivity index (χ3v) is 2.01. The summed E-state index contributed by atoms with van der Waals surface area (Å²) in [5.41, 5.74) is 0. The van der Waals surface area contributed by atoms with Gasteiger partial charge < -0.3 is 5.32 Å². The highest BCUT2D eigenvalue weighted by Crippen LogP contribution is 1.89. The van der Waals surface area contributed by atoms with Crippen molar-refractivity contribution in [3.63, 3.8) is 0 Å². The minimum absolute atomic E-state index is 0.181. The van der Waals surface area contributed by atoms with Crippen LogP contribution in [0.25, 0.3) is 0 Å². The lowest BCUT2D eigenvalue weighted by atomic mass is 10.2. The molecule has 0 aromatic carbocycles. The summed E-state index contributed by atoms with van der Waals surface area (Å²) >= 11 is 0. The Morgan fingerprint density at radius 2 is 2.15 bits per heavy atom. The molecule has 0 rings (SSSR count). The van der Waals surface area contributed by atoms with Crippen molar-refractivity contribution < 1.29 is 13.2 Å². The number of sulfone groups is 1. The van der Waals surface area contributed by atoms with Crippen LogP contribution in [0.1, 0.15) is 13.3 Å². The molecule has 74 valence electrons. The van der Waals surface area contributed by atoms with Crippen molar-refractivity contribution in [3.05, 3.63) is 0 Å². The minimum atomic E-state index is -3.25. The molecule has 1 N–H and O–H groups in total. The molecule has 0 heterocycles. The van der Waals surface area contributed by atoms with E-state index in [0.717, 1.165) is 6.26 Å². The number of hydrogen-bond donors (Lipinski definition) is 1. The highest BCUT2D eigenvalue weighted by atomic mass is 32.2. The average molecular weight is 203 g/mol. The Morgan fingerprint density at radius 3 is 2.54 bits per heavy atom. The Hall–Kier alpha value is -1.02. The zero-order valence-corrected chi connectivity index (χ0v) is 8.52. The average Bonchev–Trinajstić information content (AvgIpc) is 1.81. The first kappa shape index (κ1) is 12.0. The van der Waals surface area contributed by atoms with Crippen LogP contribution in [0.5, 0.6) is 0 Å². The van der Waals surface area contributed by atoms with E-state index in [2.05, 4.69) is 11.2 Å². The Bertz CT molecular complexity index is 313. The van der Waals surface area contributed by atoms with Gasteiger partial charge in [-0.25, -0.2) is 8.42 Å². The van der Waals surface area contributed by atoms with Crippen molar-refractivity contribution >= 4 is 15.7 Å². The van der Waals surface area contributed by atoms with E-state index in [1.165, 1.54) is 0 Å². The molecule has 4 nitrogen and oxygen atoms in total. The van der Waals surface area contributed by atoms with Crippen LogP contribution in [-0.4, -0.2) is 32.4 Å². The maximum Gasteiger partial charge on any atom is 0.235 e. The van der Waals surface area contributed by atoms with Gasteiger partial charge >= 0.3 is 0 Å². The lowest BCUT2D eigenvalue weighted by Crippen LogP contribution is -2.36. The number of amides is 1. The van der Waals surface area contributed by atoms with E-state index in [-0.39, 0.29) is 6.04 Å². The van der Waals surface area contributed by atoms with Gasteiger partial charge in [0.2, 0.25) is 5.91 Å². The molecule has 13 heavy (non-hydrogen) atoms. The predicted octanol–water partition coefficient (Wildman–Crippen LogP) is -0.441. The van der Waals surface area contributed by atoms with Crippen molar-refractivity contribution in [1.29, 1.82) is 0 Å². The molecule has 0 spiro atoms. The highest BCUT2D eigenvalue weighted by Gasteiger charge is 2.12. The largest absolute Gasteiger partial charge is 0.352 e.